The van der Waals surface area contributed by atoms with Crippen molar-refractivity contribution in [3.05, 3.63) is 83.6 Å². The van der Waals surface area contributed by atoms with Crippen LogP contribution in [-0.4, -0.2) is 33.4 Å². The van der Waals surface area contributed by atoms with Gasteiger partial charge in [0, 0.05) is 11.1 Å². The van der Waals surface area contributed by atoms with Gasteiger partial charge in [-0.1, -0.05) is 36.4 Å². The number of phenolic OH excluding ortho intramolecular Hbond substituents is 1. The molecular formula is C23H17NO7S. The van der Waals surface area contributed by atoms with E-state index in [1.807, 2.05) is 0 Å². The van der Waals surface area contributed by atoms with Gasteiger partial charge in [0.1, 0.15) is 5.75 Å². The second kappa shape index (κ2) is 7.31. The summed E-state index contributed by atoms with van der Waals surface area (Å²) in [5, 5.41) is 10.5. The van der Waals surface area contributed by atoms with Crippen LogP contribution in [0.25, 0.3) is 5.57 Å². The number of ether oxygens (including phenoxy) is 3. The quantitative estimate of drug-likeness (QED) is 0.610. The molecule has 3 aromatic carbocycles. The Morgan fingerprint density at radius 1 is 1.00 bits per heavy atom. The average molecular weight is 451 g/mol. The predicted molar refractivity (Wildman–Crippen MR) is 115 cm³/mol. The summed E-state index contributed by atoms with van der Waals surface area (Å²) < 4.78 is 44.0. The van der Waals surface area contributed by atoms with Crippen molar-refractivity contribution in [2.24, 2.45) is 0 Å². The van der Waals surface area contributed by atoms with Crippen LogP contribution >= 0.6 is 0 Å². The normalized spacial score (nSPS) is 16.0. The molecule has 0 bridgehead atoms. The van der Waals surface area contributed by atoms with E-state index in [9.17, 15) is 18.3 Å². The van der Waals surface area contributed by atoms with E-state index in [0.717, 1.165) is 4.31 Å². The molecule has 32 heavy (non-hydrogen) atoms. The number of methoxy groups -OCH3 is 1. The van der Waals surface area contributed by atoms with E-state index in [4.69, 9.17) is 14.2 Å². The zero-order chi connectivity index (χ0) is 22.5. The molecule has 0 atom stereocenters. The highest BCUT2D eigenvalue weighted by Gasteiger charge is 2.42. The molecule has 0 aliphatic carbocycles. The third-order valence-electron chi connectivity index (χ3n) is 5.26. The molecule has 0 aromatic heterocycles. The van der Waals surface area contributed by atoms with Crippen molar-refractivity contribution in [3.8, 4) is 17.2 Å². The van der Waals surface area contributed by atoms with E-state index in [1.165, 1.54) is 25.3 Å². The first-order chi connectivity index (χ1) is 15.4. The van der Waals surface area contributed by atoms with Gasteiger partial charge in [-0.25, -0.2) is 17.5 Å². The third kappa shape index (κ3) is 2.89. The molecule has 0 unspecified atom stereocenters. The fourth-order valence-corrected chi connectivity index (χ4v) is 5.57. The molecule has 8 nitrogen and oxygen atoms in total. The largest absolute Gasteiger partial charge is 0.506 e. The molecule has 162 valence electrons. The standard InChI is InChI=1S/C23H17NO7S/c1-29-23(26)22-21(14-10-11-18-19(12-14)31-13-30-18)15-6-2-5-9-20(15)32(27,28)24(22)16-7-3-4-8-17(16)25/h2-12,25H,13H2,1H3. The number of aromatic hydroxyl groups is 1. The van der Waals surface area contributed by atoms with Crippen molar-refractivity contribution in [2.75, 3.05) is 18.2 Å². The Kier molecular flexibility index (Phi) is 4.56. The Balaban J connectivity index is 1.90. The number of fused-ring (bicyclic) bond motifs is 2. The molecule has 0 saturated carbocycles. The smallest absolute Gasteiger partial charge is 0.356 e. The number of benzene rings is 3. The maximum absolute atomic E-state index is 13.7. The van der Waals surface area contributed by atoms with Crippen LogP contribution in [0.5, 0.6) is 17.2 Å². The fourth-order valence-electron chi connectivity index (χ4n) is 3.86. The Morgan fingerprint density at radius 3 is 2.50 bits per heavy atom. The van der Waals surface area contributed by atoms with Crippen LogP contribution in [0.1, 0.15) is 11.1 Å². The van der Waals surface area contributed by atoms with Crippen molar-refractivity contribution < 1.29 is 32.5 Å². The van der Waals surface area contributed by atoms with Crippen molar-refractivity contribution >= 4 is 27.3 Å². The van der Waals surface area contributed by atoms with Gasteiger partial charge in [0.2, 0.25) is 6.79 Å². The van der Waals surface area contributed by atoms with Gasteiger partial charge >= 0.3 is 5.97 Å². The topological polar surface area (TPSA) is 102 Å². The van der Waals surface area contributed by atoms with Gasteiger partial charge in [-0.2, -0.15) is 0 Å². The van der Waals surface area contributed by atoms with Gasteiger partial charge in [0.25, 0.3) is 10.0 Å². The van der Waals surface area contributed by atoms with Gasteiger partial charge < -0.3 is 19.3 Å². The van der Waals surface area contributed by atoms with Gasteiger partial charge in [0.15, 0.2) is 17.2 Å². The molecule has 2 aliphatic rings. The molecule has 0 saturated heterocycles. The first-order valence-electron chi connectivity index (χ1n) is 9.59. The number of sulfonamides is 1. The first-order valence-corrected chi connectivity index (χ1v) is 11.0. The van der Waals surface area contributed by atoms with Crippen LogP contribution in [0.2, 0.25) is 0 Å². The van der Waals surface area contributed by atoms with Gasteiger partial charge in [0.05, 0.1) is 17.7 Å². The Hall–Kier alpha value is -3.98. The minimum atomic E-state index is -4.26. The number of nitrogens with zero attached hydrogens (tertiary/aromatic N) is 1. The summed E-state index contributed by atoms with van der Waals surface area (Å²) in [7, 11) is -3.09. The number of carbonyl (C=O) groups is 1. The van der Waals surface area contributed by atoms with Crippen molar-refractivity contribution in [1.29, 1.82) is 0 Å². The van der Waals surface area contributed by atoms with Crippen LogP contribution in [0.3, 0.4) is 0 Å². The van der Waals surface area contributed by atoms with Crippen molar-refractivity contribution in [2.45, 2.75) is 4.90 Å². The summed E-state index contributed by atoms with van der Waals surface area (Å²) >= 11 is 0. The lowest BCUT2D eigenvalue weighted by molar-refractivity contribution is -0.136. The average Bonchev–Trinajstić information content (AvgIpc) is 3.27. The van der Waals surface area contributed by atoms with Crippen LogP contribution in [-0.2, 0) is 19.6 Å². The number of para-hydroxylation sites is 2. The Morgan fingerprint density at radius 2 is 1.72 bits per heavy atom. The SMILES string of the molecule is COC(=O)C1=C(c2ccc3c(c2)OCO3)c2ccccc2S(=O)(=O)N1c1ccccc1O. The fraction of sp³-hybridized carbons (Fsp3) is 0.0870. The van der Waals surface area contributed by atoms with E-state index in [-0.39, 0.29) is 28.8 Å². The molecule has 9 heteroatoms. The summed E-state index contributed by atoms with van der Waals surface area (Å²) in [6.45, 7) is 0.0661. The highest BCUT2D eigenvalue weighted by molar-refractivity contribution is 7.93. The Bertz CT molecular complexity index is 1390. The molecule has 2 aliphatic heterocycles. The van der Waals surface area contributed by atoms with E-state index in [0.29, 0.717) is 28.2 Å². The van der Waals surface area contributed by atoms with Crippen molar-refractivity contribution in [1.82, 2.24) is 0 Å². The highest BCUT2D eigenvalue weighted by atomic mass is 32.2. The number of rotatable bonds is 3. The maximum atomic E-state index is 13.7. The molecular weight excluding hydrogens is 434 g/mol. The number of anilines is 1. The van der Waals surface area contributed by atoms with Crippen LogP contribution in [0.15, 0.2) is 77.3 Å². The molecule has 0 fully saturated rings. The van der Waals surface area contributed by atoms with Crippen LogP contribution in [0.4, 0.5) is 5.69 Å². The lowest BCUT2D eigenvalue weighted by Gasteiger charge is -2.33. The highest BCUT2D eigenvalue weighted by Crippen LogP contribution is 2.46. The van der Waals surface area contributed by atoms with Gasteiger partial charge in [-0.3, -0.25) is 0 Å². The number of esters is 1. The molecule has 5 rings (SSSR count). The molecule has 0 amide bonds. The van der Waals surface area contributed by atoms with Crippen molar-refractivity contribution in [3.63, 3.8) is 0 Å². The predicted octanol–water partition coefficient (Wildman–Crippen LogP) is 3.26. The van der Waals surface area contributed by atoms with Crippen LogP contribution < -0.4 is 13.8 Å². The van der Waals surface area contributed by atoms with E-state index >= 15 is 0 Å². The zero-order valence-electron chi connectivity index (χ0n) is 16.8. The first kappa shape index (κ1) is 20.0. The summed E-state index contributed by atoms with van der Waals surface area (Å²) in [6.07, 6.45) is 0. The minimum Gasteiger partial charge on any atom is -0.506 e. The lowest BCUT2D eigenvalue weighted by Crippen LogP contribution is -2.38. The van der Waals surface area contributed by atoms with E-state index in [1.54, 1.807) is 48.5 Å². The number of phenols is 1. The summed E-state index contributed by atoms with van der Waals surface area (Å²) in [5.41, 5.74) is 0.867. The summed E-state index contributed by atoms with van der Waals surface area (Å²) in [4.78, 5) is 13.0. The number of hydrogen-bond acceptors (Lipinski definition) is 7. The second-order valence-corrected chi connectivity index (χ2v) is 8.79. The molecule has 0 spiro atoms. The maximum Gasteiger partial charge on any atom is 0.356 e. The molecule has 1 N–H and O–H groups in total. The van der Waals surface area contributed by atoms with Gasteiger partial charge in [-0.15, -0.1) is 0 Å². The van der Waals surface area contributed by atoms with Gasteiger partial charge in [-0.05, 0) is 35.9 Å². The molecule has 2 heterocycles. The zero-order valence-corrected chi connectivity index (χ0v) is 17.6. The summed E-state index contributed by atoms with van der Waals surface area (Å²) in [5.74, 6) is -0.164. The molecule has 0 radical (unpaired) electrons. The third-order valence-corrected chi connectivity index (χ3v) is 7.03. The van der Waals surface area contributed by atoms with E-state index < -0.39 is 16.0 Å². The summed E-state index contributed by atoms with van der Waals surface area (Å²) in [6, 6.07) is 17.3. The number of carbonyl (C=O) groups excluding carboxylic acids is 1. The molecule has 3 aromatic rings. The second-order valence-electron chi connectivity index (χ2n) is 7.04. The lowest BCUT2D eigenvalue weighted by atomic mass is 9.94. The monoisotopic (exact) mass is 451 g/mol. The Labute approximate surface area is 183 Å². The van der Waals surface area contributed by atoms with Crippen LogP contribution in [0, 0.1) is 0 Å². The van der Waals surface area contributed by atoms with E-state index in [2.05, 4.69) is 0 Å². The minimum absolute atomic E-state index is 0.0106. The number of hydrogen-bond donors (Lipinski definition) is 1.